The van der Waals surface area contributed by atoms with Crippen LogP contribution in [0.15, 0.2) is 46.3 Å². The minimum atomic E-state index is -0.566. The molecule has 0 heterocycles. The molecule has 1 aromatic rings. The van der Waals surface area contributed by atoms with Crippen molar-refractivity contribution in [3.63, 3.8) is 0 Å². The number of hydrogen-bond acceptors (Lipinski definition) is 4. The Morgan fingerprint density at radius 1 is 1.29 bits per heavy atom. The number of thioether (sulfide) groups is 1. The van der Waals surface area contributed by atoms with Crippen LogP contribution in [-0.2, 0) is 14.3 Å². The number of nitrogens with one attached hydrogen (secondary N) is 1. The molecule has 0 atom stereocenters. The van der Waals surface area contributed by atoms with Crippen molar-refractivity contribution in [2.24, 2.45) is 0 Å². The van der Waals surface area contributed by atoms with E-state index in [0.29, 0.717) is 0 Å². The second kappa shape index (κ2) is 6.75. The maximum atomic E-state index is 11.4. The van der Waals surface area contributed by atoms with E-state index in [0.717, 1.165) is 4.90 Å². The summed E-state index contributed by atoms with van der Waals surface area (Å²) < 4.78 is 4.57. The van der Waals surface area contributed by atoms with Crippen molar-refractivity contribution in [1.29, 1.82) is 0 Å². The van der Waals surface area contributed by atoms with Crippen molar-refractivity contribution in [3.8, 4) is 0 Å². The van der Waals surface area contributed by atoms with Crippen LogP contribution < -0.4 is 5.32 Å². The molecule has 0 radical (unpaired) electrons. The van der Waals surface area contributed by atoms with Crippen LogP contribution in [0.25, 0.3) is 0 Å². The number of benzene rings is 1. The Kier molecular flexibility index (Phi) is 5.29. The molecule has 1 rings (SSSR count). The third kappa shape index (κ3) is 4.74. The van der Waals surface area contributed by atoms with Gasteiger partial charge in [-0.25, -0.2) is 4.79 Å². The van der Waals surface area contributed by atoms with E-state index in [4.69, 9.17) is 0 Å². The normalized spacial score (nSPS) is 10.8. The molecule has 5 heteroatoms. The lowest BCUT2D eigenvalue weighted by atomic mass is 10.4. The standard InChI is InChI=1S/C12H13NO3S/c1-9(14)13-11(12(15)16-2)8-17-10-6-4-3-5-7-10/h3-8H,1-2H3,(H,13,14)/b11-8+. The molecule has 1 amide bonds. The zero-order valence-corrected chi connectivity index (χ0v) is 10.4. The van der Waals surface area contributed by atoms with Gasteiger partial charge in [0.05, 0.1) is 7.11 Å². The van der Waals surface area contributed by atoms with Crippen LogP contribution in [0, 0.1) is 0 Å². The van der Waals surface area contributed by atoms with Crippen LogP contribution in [0.1, 0.15) is 6.92 Å². The number of hydrogen-bond donors (Lipinski definition) is 1. The molecular weight excluding hydrogens is 238 g/mol. The van der Waals surface area contributed by atoms with Crippen molar-refractivity contribution in [3.05, 3.63) is 41.4 Å². The first kappa shape index (κ1) is 13.3. The molecule has 0 fully saturated rings. The number of amides is 1. The van der Waals surface area contributed by atoms with Gasteiger partial charge in [-0.15, -0.1) is 0 Å². The van der Waals surface area contributed by atoms with Crippen LogP contribution in [0.3, 0.4) is 0 Å². The molecule has 0 bridgehead atoms. The zero-order valence-electron chi connectivity index (χ0n) is 9.60. The van der Waals surface area contributed by atoms with E-state index in [1.807, 2.05) is 30.3 Å². The molecule has 0 aliphatic heterocycles. The molecule has 1 N–H and O–H groups in total. The molecule has 0 aliphatic carbocycles. The van der Waals surface area contributed by atoms with Crippen LogP contribution in [-0.4, -0.2) is 19.0 Å². The maximum Gasteiger partial charge on any atom is 0.355 e. The first-order valence-corrected chi connectivity index (χ1v) is 5.79. The highest BCUT2D eigenvalue weighted by Crippen LogP contribution is 2.19. The van der Waals surface area contributed by atoms with Gasteiger partial charge in [0, 0.05) is 17.2 Å². The van der Waals surface area contributed by atoms with Crippen molar-refractivity contribution in [2.45, 2.75) is 11.8 Å². The Morgan fingerprint density at radius 2 is 1.94 bits per heavy atom. The number of methoxy groups -OCH3 is 1. The topological polar surface area (TPSA) is 55.4 Å². The van der Waals surface area contributed by atoms with E-state index >= 15 is 0 Å². The van der Waals surface area contributed by atoms with E-state index in [-0.39, 0.29) is 11.6 Å². The average Bonchev–Trinajstić information content (AvgIpc) is 2.34. The summed E-state index contributed by atoms with van der Waals surface area (Å²) in [7, 11) is 1.27. The number of esters is 1. The average molecular weight is 251 g/mol. The molecule has 0 aliphatic rings. The molecule has 1 aromatic carbocycles. The summed E-state index contributed by atoms with van der Waals surface area (Å²) in [6.45, 7) is 1.34. The lowest BCUT2D eigenvalue weighted by molar-refractivity contribution is -0.137. The molecule has 4 nitrogen and oxygen atoms in total. The predicted octanol–water partition coefficient (Wildman–Crippen LogP) is 1.93. The Hall–Kier alpha value is -1.75. The minimum Gasteiger partial charge on any atom is -0.464 e. The summed E-state index contributed by atoms with van der Waals surface area (Å²) in [6.07, 6.45) is 0. The van der Waals surface area contributed by atoms with Crippen LogP contribution in [0.4, 0.5) is 0 Å². The Morgan fingerprint density at radius 3 is 2.47 bits per heavy atom. The fourth-order valence-corrected chi connectivity index (χ4v) is 1.78. The van der Waals surface area contributed by atoms with Crippen LogP contribution in [0.5, 0.6) is 0 Å². The highest BCUT2D eigenvalue weighted by Gasteiger charge is 2.10. The Balaban J connectivity index is 2.76. The molecule has 0 unspecified atom stereocenters. The van der Waals surface area contributed by atoms with Gasteiger partial charge >= 0.3 is 5.97 Å². The van der Waals surface area contributed by atoms with E-state index in [2.05, 4.69) is 10.1 Å². The first-order chi connectivity index (χ1) is 8.13. The summed E-state index contributed by atoms with van der Waals surface area (Å²) in [5.41, 5.74) is 0.133. The highest BCUT2D eigenvalue weighted by molar-refractivity contribution is 8.02. The first-order valence-electron chi connectivity index (χ1n) is 4.91. The van der Waals surface area contributed by atoms with Crippen LogP contribution in [0.2, 0.25) is 0 Å². The number of ether oxygens (including phenoxy) is 1. The molecule has 90 valence electrons. The zero-order chi connectivity index (χ0) is 12.7. The quantitative estimate of drug-likeness (QED) is 0.504. The summed E-state index contributed by atoms with van der Waals surface area (Å²) in [5.74, 6) is -0.876. The molecule has 0 saturated heterocycles. The minimum absolute atomic E-state index is 0.133. The van der Waals surface area contributed by atoms with Gasteiger partial charge in [0.15, 0.2) is 0 Å². The smallest absolute Gasteiger partial charge is 0.355 e. The van der Waals surface area contributed by atoms with Crippen LogP contribution >= 0.6 is 11.8 Å². The SMILES string of the molecule is COC(=O)/C(=C\Sc1ccccc1)NC(C)=O. The molecular formula is C12H13NO3S. The molecule has 0 aromatic heterocycles. The van der Waals surface area contributed by atoms with Crippen molar-refractivity contribution >= 4 is 23.6 Å². The van der Waals surface area contributed by atoms with Gasteiger partial charge in [0.2, 0.25) is 5.91 Å². The van der Waals surface area contributed by atoms with E-state index in [9.17, 15) is 9.59 Å². The number of rotatable bonds is 4. The van der Waals surface area contributed by atoms with Gasteiger partial charge in [-0.2, -0.15) is 0 Å². The number of carbonyl (C=O) groups excluding carboxylic acids is 2. The summed E-state index contributed by atoms with van der Waals surface area (Å²) >= 11 is 1.34. The van der Waals surface area contributed by atoms with Crippen molar-refractivity contribution in [2.75, 3.05) is 7.11 Å². The lowest BCUT2D eigenvalue weighted by Gasteiger charge is -2.05. The van der Waals surface area contributed by atoms with Gasteiger partial charge in [-0.05, 0) is 12.1 Å². The second-order valence-corrected chi connectivity index (χ2v) is 4.08. The molecule has 0 saturated carbocycles. The Labute approximate surface area is 104 Å². The fourth-order valence-electron chi connectivity index (χ4n) is 1.05. The lowest BCUT2D eigenvalue weighted by Crippen LogP contribution is -2.25. The number of carbonyl (C=O) groups is 2. The van der Waals surface area contributed by atoms with E-state index in [1.54, 1.807) is 5.41 Å². The van der Waals surface area contributed by atoms with Crippen molar-refractivity contribution in [1.82, 2.24) is 5.32 Å². The maximum absolute atomic E-state index is 11.4. The van der Waals surface area contributed by atoms with Crippen molar-refractivity contribution < 1.29 is 14.3 Å². The monoisotopic (exact) mass is 251 g/mol. The van der Waals surface area contributed by atoms with Gasteiger partial charge < -0.3 is 10.1 Å². The summed E-state index contributed by atoms with van der Waals surface area (Å²) in [5, 5.41) is 3.99. The summed E-state index contributed by atoms with van der Waals surface area (Å²) in [6, 6.07) is 9.51. The third-order valence-corrected chi connectivity index (χ3v) is 2.67. The second-order valence-electron chi connectivity index (χ2n) is 3.14. The predicted molar refractivity (Wildman–Crippen MR) is 66.2 cm³/mol. The van der Waals surface area contributed by atoms with Gasteiger partial charge in [0.25, 0.3) is 0 Å². The van der Waals surface area contributed by atoms with E-state index in [1.165, 1.54) is 25.8 Å². The third-order valence-electron chi connectivity index (χ3n) is 1.77. The highest BCUT2D eigenvalue weighted by atomic mass is 32.2. The fraction of sp³-hybridized carbons (Fsp3) is 0.167. The van der Waals surface area contributed by atoms with Gasteiger partial charge in [-0.1, -0.05) is 30.0 Å². The Bertz CT molecular complexity index is 429. The van der Waals surface area contributed by atoms with E-state index < -0.39 is 5.97 Å². The molecule has 17 heavy (non-hydrogen) atoms. The largest absolute Gasteiger partial charge is 0.464 e. The van der Waals surface area contributed by atoms with Gasteiger partial charge in [-0.3, -0.25) is 4.79 Å². The molecule has 0 spiro atoms. The summed E-state index contributed by atoms with van der Waals surface area (Å²) in [4.78, 5) is 23.2. The van der Waals surface area contributed by atoms with Gasteiger partial charge in [0.1, 0.15) is 5.70 Å².